The number of rotatable bonds is 7. The van der Waals surface area contributed by atoms with Crippen LogP contribution in [0, 0.1) is 6.92 Å². The van der Waals surface area contributed by atoms with E-state index >= 15 is 0 Å². The molecule has 1 aromatic heterocycles. The molecule has 154 valence electrons. The third-order valence-corrected chi connectivity index (χ3v) is 6.02. The monoisotopic (exact) mass is 424 g/mol. The quantitative estimate of drug-likeness (QED) is 0.602. The highest BCUT2D eigenvalue weighted by Gasteiger charge is 2.28. The minimum absolute atomic E-state index is 0.00264. The first-order chi connectivity index (χ1) is 14.4. The van der Waals surface area contributed by atoms with Gasteiger partial charge in [0.1, 0.15) is 5.75 Å². The Morgan fingerprint density at radius 3 is 2.53 bits per heavy atom. The van der Waals surface area contributed by atoms with Crippen molar-refractivity contribution in [3.05, 3.63) is 72.1 Å². The summed E-state index contributed by atoms with van der Waals surface area (Å²) in [6.07, 6.45) is 4.85. The van der Waals surface area contributed by atoms with Gasteiger partial charge in [-0.05, 0) is 67.8 Å². The summed E-state index contributed by atoms with van der Waals surface area (Å²) >= 11 is 0. The van der Waals surface area contributed by atoms with E-state index in [4.69, 9.17) is 4.74 Å². The lowest BCUT2D eigenvalue weighted by atomic mass is 10.1. The maximum absolute atomic E-state index is 12.7. The van der Waals surface area contributed by atoms with Crippen LogP contribution in [0.3, 0.4) is 0 Å². The zero-order valence-electron chi connectivity index (χ0n) is 16.2. The molecule has 30 heavy (non-hydrogen) atoms. The molecule has 1 aliphatic carbocycles. The van der Waals surface area contributed by atoms with Crippen LogP contribution >= 0.6 is 0 Å². The lowest BCUT2D eigenvalue weighted by Crippen LogP contribution is -2.26. The van der Waals surface area contributed by atoms with Crippen LogP contribution in [-0.4, -0.2) is 30.3 Å². The first kappa shape index (κ1) is 20.0. The van der Waals surface area contributed by atoms with Crippen LogP contribution in [-0.2, 0) is 10.0 Å². The van der Waals surface area contributed by atoms with Gasteiger partial charge in [-0.3, -0.25) is 4.79 Å². The zero-order chi connectivity index (χ0) is 21.1. The van der Waals surface area contributed by atoms with Crippen LogP contribution in [0.25, 0.3) is 0 Å². The summed E-state index contributed by atoms with van der Waals surface area (Å²) in [5.74, 6) is 0.137. The van der Waals surface area contributed by atoms with Gasteiger partial charge in [-0.2, -0.15) is 0 Å². The summed E-state index contributed by atoms with van der Waals surface area (Å²) in [4.78, 5) is 20.8. The molecule has 1 amide bonds. The molecule has 1 aliphatic rings. The molecule has 2 N–H and O–H groups in total. The molecule has 0 unspecified atom stereocenters. The van der Waals surface area contributed by atoms with Crippen LogP contribution < -0.4 is 14.8 Å². The topological polar surface area (TPSA) is 110 Å². The minimum Gasteiger partial charge on any atom is -0.424 e. The highest BCUT2D eigenvalue weighted by molar-refractivity contribution is 7.89. The van der Waals surface area contributed by atoms with E-state index in [2.05, 4.69) is 20.0 Å². The lowest BCUT2D eigenvalue weighted by Gasteiger charge is -2.11. The molecule has 3 aromatic rings. The average Bonchev–Trinajstić information content (AvgIpc) is 3.54. The zero-order valence-corrected chi connectivity index (χ0v) is 17.0. The molecule has 0 bridgehead atoms. The van der Waals surface area contributed by atoms with E-state index in [1.54, 1.807) is 48.8 Å². The Kier molecular flexibility index (Phi) is 5.47. The number of benzene rings is 2. The SMILES string of the molecule is Cc1cc(Oc2ncccn2)ccc1NC(=O)c1cccc(S(=O)(=O)NC2CC2)c1. The van der Waals surface area contributed by atoms with Crippen LogP contribution in [0.1, 0.15) is 28.8 Å². The number of nitrogens with zero attached hydrogens (tertiary/aromatic N) is 2. The third kappa shape index (κ3) is 4.81. The van der Waals surface area contributed by atoms with Gasteiger partial charge in [0, 0.05) is 29.7 Å². The molecule has 1 heterocycles. The molecule has 2 aromatic carbocycles. The maximum Gasteiger partial charge on any atom is 0.321 e. The van der Waals surface area contributed by atoms with Crippen molar-refractivity contribution in [2.45, 2.75) is 30.7 Å². The number of hydrogen-bond donors (Lipinski definition) is 2. The fourth-order valence-corrected chi connectivity index (χ4v) is 4.12. The number of carbonyl (C=O) groups excluding carboxylic acids is 1. The molecule has 9 heteroatoms. The van der Waals surface area contributed by atoms with Crippen molar-refractivity contribution < 1.29 is 17.9 Å². The summed E-state index contributed by atoms with van der Waals surface area (Å²) < 4.78 is 33.0. The van der Waals surface area contributed by atoms with Crippen molar-refractivity contribution in [3.63, 3.8) is 0 Å². The van der Waals surface area contributed by atoms with E-state index < -0.39 is 15.9 Å². The fraction of sp³-hybridized carbons (Fsp3) is 0.190. The van der Waals surface area contributed by atoms with Crippen LogP contribution in [0.5, 0.6) is 11.8 Å². The second kappa shape index (κ2) is 8.21. The summed E-state index contributed by atoms with van der Waals surface area (Å²) in [6, 6.07) is 13.1. The largest absolute Gasteiger partial charge is 0.424 e. The highest BCUT2D eigenvalue weighted by Crippen LogP contribution is 2.25. The van der Waals surface area contributed by atoms with Crippen molar-refractivity contribution in [2.24, 2.45) is 0 Å². The molecule has 0 aliphatic heterocycles. The second-order valence-electron chi connectivity index (χ2n) is 6.99. The van der Waals surface area contributed by atoms with Crippen molar-refractivity contribution in [1.82, 2.24) is 14.7 Å². The number of nitrogens with one attached hydrogen (secondary N) is 2. The first-order valence-electron chi connectivity index (χ1n) is 9.40. The van der Waals surface area contributed by atoms with Crippen molar-refractivity contribution in [2.75, 3.05) is 5.32 Å². The Morgan fingerprint density at radius 1 is 1.07 bits per heavy atom. The molecule has 0 atom stereocenters. The smallest absolute Gasteiger partial charge is 0.321 e. The number of hydrogen-bond acceptors (Lipinski definition) is 6. The van der Waals surface area contributed by atoms with Crippen molar-refractivity contribution >= 4 is 21.6 Å². The number of ether oxygens (including phenoxy) is 1. The molecular formula is C21H20N4O4S. The van der Waals surface area contributed by atoms with Crippen LogP contribution in [0.4, 0.5) is 5.69 Å². The predicted octanol–water partition coefficient (Wildman–Crippen LogP) is 3.27. The normalized spacial score (nSPS) is 13.6. The number of anilines is 1. The van der Waals surface area contributed by atoms with Gasteiger partial charge in [0.05, 0.1) is 4.90 Å². The Labute approximate surface area is 174 Å². The Balaban J connectivity index is 1.48. The Bertz CT molecular complexity index is 1180. The van der Waals surface area contributed by atoms with Gasteiger partial charge in [0.15, 0.2) is 0 Å². The molecular weight excluding hydrogens is 404 g/mol. The standard InChI is InChI=1S/C21H20N4O4S/c1-14-12-17(29-21-22-10-3-11-23-21)8-9-19(14)24-20(26)15-4-2-5-18(13-15)30(27,28)25-16-6-7-16/h2-5,8-13,16,25H,6-7H2,1H3,(H,24,26). The predicted molar refractivity (Wildman–Crippen MR) is 111 cm³/mol. The summed E-state index contributed by atoms with van der Waals surface area (Å²) in [6.45, 7) is 1.83. The summed E-state index contributed by atoms with van der Waals surface area (Å²) in [7, 11) is -3.63. The van der Waals surface area contributed by atoms with Crippen LogP contribution in [0.2, 0.25) is 0 Å². The number of aryl methyl sites for hydroxylation is 1. The lowest BCUT2D eigenvalue weighted by molar-refractivity contribution is 0.102. The number of aromatic nitrogens is 2. The fourth-order valence-electron chi connectivity index (χ4n) is 2.77. The number of amides is 1. The number of sulfonamides is 1. The minimum atomic E-state index is -3.63. The average molecular weight is 424 g/mol. The molecule has 1 saturated carbocycles. The Morgan fingerprint density at radius 2 is 1.83 bits per heavy atom. The van der Waals surface area contributed by atoms with Crippen molar-refractivity contribution in [1.29, 1.82) is 0 Å². The summed E-state index contributed by atoms with van der Waals surface area (Å²) in [5.41, 5.74) is 1.62. The van der Waals surface area contributed by atoms with Gasteiger partial charge >= 0.3 is 6.01 Å². The molecule has 8 nitrogen and oxygen atoms in total. The van der Waals surface area contributed by atoms with Gasteiger partial charge in [-0.25, -0.2) is 23.1 Å². The van der Waals surface area contributed by atoms with Crippen LogP contribution in [0.15, 0.2) is 65.8 Å². The van der Waals surface area contributed by atoms with Crippen molar-refractivity contribution in [3.8, 4) is 11.8 Å². The second-order valence-corrected chi connectivity index (χ2v) is 8.70. The summed E-state index contributed by atoms with van der Waals surface area (Å²) in [5, 5.41) is 2.81. The molecule has 0 spiro atoms. The van der Waals surface area contributed by atoms with E-state index in [0.717, 1.165) is 18.4 Å². The molecule has 0 radical (unpaired) electrons. The maximum atomic E-state index is 12.7. The van der Waals surface area contributed by atoms with Gasteiger partial charge in [0.2, 0.25) is 10.0 Å². The molecule has 0 saturated heterocycles. The van der Waals surface area contributed by atoms with Gasteiger partial charge in [0.25, 0.3) is 5.91 Å². The van der Waals surface area contributed by atoms with Gasteiger partial charge in [-0.1, -0.05) is 6.07 Å². The van der Waals surface area contributed by atoms with E-state index in [1.165, 1.54) is 12.1 Å². The van der Waals surface area contributed by atoms with E-state index in [1.807, 2.05) is 6.92 Å². The molecule has 1 fully saturated rings. The van der Waals surface area contributed by atoms with Gasteiger partial charge in [-0.15, -0.1) is 0 Å². The third-order valence-electron chi connectivity index (χ3n) is 4.50. The first-order valence-corrected chi connectivity index (χ1v) is 10.9. The van der Waals surface area contributed by atoms with Gasteiger partial charge < -0.3 is 10.1 Å². The number of carbonyl (C=O) groups is 1. The van der Waals surface area contributed by atoms with E-state index in [-0.39, 0.29) is 22.5 Å². The van der Waals surface area contributed by atoms with E-state index in [0.29, 0.717) is 11.4 Å². The Hall–Kier alpha value is -3.30. The molecule has 4 rings (SSSR count). The highest BCUT2D eigenvalue weighted by atomic mass is 32.2. The van der Waals surface area contributed by atoms with E-state index in [9.17, 15) is 13.2 Å².